The second-order valence-corrected chi connectivity index (χ2v) is 5.66. The Morgan fingerprint density at radius 2 is 1.78 bits per heavy atom. The third-order valence-electron chi connectivity index (χ3n) is 3.58. The molecule has 0 bridgehead atoms. The van der Waals surface area contributed by atoms with Crippen molar-refractivity contribution in [3.05, 3.63) is 77.0 Å². The Kier molecular flexibility index (Phi) is 4.44. The number of hydrogen-bond acceptors (Lipinski definition) is 3. The molecule has 1 N–H and O–H groups in total. The van der Waals surface area contributed by atoms with E-state index in [1.807, 2.05) is 30.3 Å². The zero-order valence-corrected chi connectivity index (χ0v) is 13.1. The quantitative estimate of drug-likeness (QED) is 0.858. The van der Waals surface area contributed by atoms with Crippen LogP contribution < -0.4 is 5.32 Å². The number of hydrogen-bond donors (Lipinski definition) is 1. The zero-order valence-electron chi connectivity index (χ0n) is 12.3. The molecule has 0 unspecified atom stereocenters. The maximum atomic E-state index is 12.4. The average molecular weight is 327 g/mol. The molecule has 2 amide bonds. The van der Waals surface area contributed by atoms with E-state index < -0.39 is 0 Å². The first-order chi connectivity index (χ1) is 11.1. The summed E-state index contributed by atoms with van der Waals surface area (Å²) in [6, 6.07) is 16.8. The lowest BCUT2D eigenvalue weighted by Gasteiger charge is -2.15. The molecule has 1 aliphatic heterocycles. The third kappa shape index (κ3) is 3.60. The molecule has 2 aromatic carbocycles. The van der Waals surface area contributed by atoms with E-state index in [0.29, 0.717) is 23.7 Å². The van der Waals surface area contributed by atoms with E-state index in [2.05, 4.69) is 5.32 Å². The van der Waals surface area contributed by atoms with Crippen molar-refractivity contribution < 1.29 is 9.59 Å². The van der Waals surface area contributed by atoms with Crippen molar-refractivity contribution in [2.45, 2.75) is 6.42 Å². The van der Waals surface area contributed by atoms with Crippen LogP contribution in [0.15, 0.2) is 66.4 Å². The minimum Gasteiger partial charge on any atom is -0.351 e. The first-order valence-corrected chi connectivity index (χ1v) is 7.65. The molecule has 1 heterocycles. The van der Waals surface area contributed by atoms with Gasteiger partial charge in [0.05, 0.1) is 0 Å². The first-order valence-electron chi connectivity index (χ1n) is 7.27. The number of nitrogens with one attached hydrogen (secondary N) is 1. The van der Waals surface area contributed by atoms with Crippen LogP contribution in [0.4, 0.5) is 5.69 Å². The molecular formula is C18H15ClN2O2. The number of rotatable bonds is 5. The predicted octanol–water partition coefficient (Wildman–Crippen LogP) is 3.25. The Balaban J connectivity index is 1.65. The molecule has 5 heteroatoms. The van der Waals surface area contributed by atoms with Crippen LogP contribution in [-0.2, 0) is 16.0 Å². The van der Waals surface area contributed by atoms with E-state index in [9.17, 15) is 9.59 Å². The lowest BCUT2D eigenvalue weighted by atomic mass is 10.1. The van der Waals surface area contributed by atoms with Crippen LogP contribution in [0.5, 0.6) is 0 Å². The number of amides is 2. The average Bonchev–Trinajstić information content (AvgIpc) is 2.80. The number of carbonyl (C=O) groups is 2. The standard InChI is InChI=1S/C18H15ClN2O2/c19-14-7-4-8-15(11-14)20-16-12-17(22)21(18(16)23)10-9-13-5-2-1-3-6-13/h1-8,11-12,20H,9-10H2. The Morgan fingerprint density at radius 3 is 2.52 bits per heavy atom. The summed E-state index contributed by atoms with van der Waals surface area (Å²) in [7, 11) is 0. The summed E-state index contributed by atoms with van der Waals surface area (Å²) >= 11 is 5.92. The van der Waals surface area contributed by atoms with Crippen LogP contribution >= 0.6 is 11.6 Å². The van der Waals surface area contributed by atoms with E-state index >= 15 is 0 Å². The number of carbonyl (C=O) groups excluding carboxylic acids is 2. The molecule has 0 spiro atoms. The molecule has 23 heavy (non-hydrogen) atoms. The topological polar surface area (TPSA) is 49.4 Å². The van der Waals surface area contributed by atoms with Crippen LogP contribution in [0, 0.1) is 0 Å². The van der Waals surface area contributed by atoms with Crippen molar-refractivity contribution in [3.63, 3.8) is 0 Å². The van der Waals surface area contributed by atoms with Crippen LogP contribution in [0.25, 0.3) is 0 Å². The van der Waals surface area contributed by atoms with Gasteiger partial charge >= 0.3 is 0 Å². The second-order valence-electron chi connectivity index (χ2n) is 5.22. The maximum absolute atomic E-state index is 12.4. The van der Waals surface area contributed by atoms with Crippen molar-refractivity contribution in [2.75, 3.05) is 11.9 Å². The van der Waals surface area contributed by atoms with Gasteiger partial charge in [0.15, 0.2) is 0 Å². The molecule has 3 rings (SSSR count). The molecule has 0 saturated carbocycles. The van der Waals surface area contributed by atoms with Crippen molar-refractivity contribution in [1.82, 2.24) is 4.90 Å². The van der Waals surface area contributed by atoms with Crippen LogP contribution in [0.1, 0.15) is 5.56 Å². The van der Waals surface area contributed by atoms with Crippen molar-refractivity contribution >= 4 is 29.1 Å². The lowest BCUT2D eigenvalue weighted by Crippen LogP contribution is -2.33. The second kappa shape index (κ2) is 6.67. The van der Waals surface area contributed by atoms with Gasteiger partial charge in [-0.05, 0) is 30.2 Å². The highest BCUT2D eigenvalue weighted by molar-refractivity contribution is 6.30. The fourth-order valence-corrected chi connectivity index (χ4v) is 2.61. The molecule has 116 valence electrons. The monoisotopic (exact) mass is 326 g/mol. The summed E-state index contributed by atoms with van der Waals surface area (Å²) in [6.07, 6.45) is 1.96. The third-order valence-corrected chi connectivity index (χ3v) is 3.82. The highest BCUT2D eigenvalue weighted by atomic mass is 35.5. The first kappa shape index (κ1) is 15.3. The van der Waals surface area contributed by atoms with Crippen molar-refractivity contribution in [1.29, 1.82) is 0 Å². The molecule has 0 fully saturated rings. The van der Waals surface area contributed by atoms with E-state index in [1.165, 1.54) is 11.0 Å². The Hall–Kier alpha value is -2.59. The molecule has 0 aromatic heterocycles. The van der Waals surface area contributed by atoms with Gasteiger partial charge in [0.25, 0.3) is 11.8 Å². The van der Waals surface area contributed by atoms with Crippen molar-refractivity contribution in [3.8, 4) is 0 Å². The molecule has 0 aliphatic carbocycles. The molecule has 2 aromatic rings. The largest absolute Gasteiger partial charge is 0.351 e. The number of halogens is 1. The fraction of sp³-hybridized carbons (Fsp3) is 0.111. The molecule has 4 nitrogen and oxygen atoms in total. The van der Waals surface area contributed by atoms with E-state index in [0.717, 1.165) is 5.56 Å². The normalized spacial score (nSPS) is 14.1. The highest BCUT2D eigenvalue weighted by Crippen LogP contribution is 2.20. The SMILES string of the molecule is O=C1C=C(Nc2cccc(Cl)c2)C(=O)N1CCc1ccccc1. The van der Waals surface area contributed by atoms with E-state index in [4.69, 9.17) is 11.6 Å². The lowest BCUT2D eigenvalue weighted by molar-refractivity contribution is -0.137. The summed E-state index contributed by atoms with van der Waals surface area (Å²) < 4.78 is 0. The number of benzene rings is 2. The molecule has 0 saturated heterocycles. The van der Waals surface area contributed by atoms with Crippen LogP contribution in [0.2, 0.25) is 5.02 Å². The smallest absolute Gasteiger partial charge is 0.277 e. The number of imide groups is 1. The van der Waals surface area contributed by atoms with Crippen LogP contribution in [-0.4, -0.2) is 23.3 Å². The minimum atomic E-state index is -0.314. The van der Waals surface area contributed by atoms with Gasteiger partial charge in [0, 0.05) is 23.3 Å². The summed E-state index contributed by atoms with van der Waals surface area (Å²) in [4.78, 5) is 25.7. The molecular weight excluding hydrogens is 312 g/mol. The summed E-state index contributed by atoms with van der Waals surface area (Å²) in [5, 5.41) is 3.52. The van der Waals surface area contributed by atoms with Gasteiger partial charge < -0.3 is 5.32 Å². The van der Waals surface area contributed by atoms with Gasteiger partial charge in [-0.2, -0.15) is 0 Å². The van der Waals surface area contributed by atoms with E-state index in [-0.39, 0.29) is 17.5 Å². The van der Waals surface area contributed by atoms with Gasteiger partial charge in [-0.15, -0.1) is 0 Å². The Labute approximate surface area is 139 Å². The van der Waals surface area contributed by atoms with E-state index in [1.54, 1.807) is 24.3 Å². The van der Waals surface area contributed by atoms with Gasteiger partial charge in [-0.1, -0.05) is 48.0 Å². The predicted molar refractivity (Wildman–Crippen MR) is 90.0 cm³/mol. The Bertz CT molecular complexity index is 772. The fourth-order valence-electron chi connectivity index (χ4n) is 2.42. The zero-order chi connectivity index (χ0) is 16.2. The maximum Gasteiger partial charge on any atom is 0.277 e. The minimum absolute atomic E-state index is 0.269. The van der Waals surface area contributed by atoms with Crippen molar-refractivity contribution in [2.24, 2.45) is 0 Å². The van der Waals surface area contributed by atoms with Gasteiger partial charge in [-0.3, -0.25) is 14.5 Å². The van der Waals surface area contributed by atoms with Gasteiger partial charge in [0.1, 0.15) is 5.70 Å². The number of nitrogens with zero attached hydrogens (tertiary/aromatic N) is 1. The summed E-state index contributed by atoms with van der Waals surface area (Å²) in [5.74, 6) is -0.610. The highest BCUT2D eigenvalue weighted by Gasteiger charge is 2.30. The van der Waals surface area contributed by atoms with Gasteiger partial charge in [-0.25, -0.2) is 0 Å². The molecule has 0 atom stereocenters. The molecule has 0 radical (unpaired) electrons. The van der Waals surface area contributed by atoms with Gasteiger partial charge in [0.2, 0.25) is 0 Å². The summed E-state index contributed by atoms with van der Waals surface area (Å²) in [5.41, 5.74) is 2.03. The number of anilines is 1. The summed E-state index contributed by atoms with van der Waals surface area (Å²) in [6.45, 7) is 0.360. The van der Waals surface area contributed by atoms with Crippen LogP contribution in [0.3, 0.4) is 0 Å². The Morgan fingerprint density at radius 1 is 1.00 bits per heavy atom. The molecule has 1 aliphatic rings.